The van der Waals surface area contributed by atoms with Crippen molar-refractivity contribution in [2.75, 3.05) is 12.4 Å². The van der Waals surface area contributed by atoms with Gasteiger partial charge in [-0.15, -0.1) is 0 Å². The van der Waals surface area contributed by atoms with Crippen LogP contribution in [0.25, 0.3) is 0 Å². The summed E-state index contributed by atoms with van der Waals surface area (Å²) >= 11 is 5.78. The maximum atomic E-state index is 5.78. The van der Waals surface area contributed by atoms with E-state index < -0.39 is 0 Å². The molecule has 0 spiro atoms. The van der Waals surface area contributed by atoms with E-state index >= 15 is 0 Å². The number of anilines is 1. The molecule has 8 heteroatoms. The topological polar surface area (TPSA) is 77.8 Å². The highest BCUT2D eigenvalue weighted by Crippen LogP contribution is 2.15. The van der Waals surface area contributed by atoms with Crippen LogP contribution in [0.4, 0.5) is 5.95 Å². The van der Waals surface area contributed by atoms with E-state index in [4.69, 9.17) is 16.3 Å². The van der Waals surface area contributed by atoms with Crippen LogP contribution in [-0.4, -0.2) is 31.8 Å². The van der Waals surface area contributed by atoms with E-state index in [1.807, 2.05) is 25.6 Å². The average molecular weight is 283 g/mol. The van der Waals surface area contributed by atoms with Crippen molar-refractivity contribution in [3.8, 4) is 6.01 Å². The standard InChI is InChI=1S/C11H15ClN6O/c1-6-8(7(2)18(3)17-6)5-13-10-14-9(12)15-11(16-10)19-4/h5H2,1-4H3,(H,13,14,15,16). The van der Waals surface area contributed by atoms with Crippen molar-refractivity contribution in [2.45, 2.75) is 20.4 Å². The van der Waals surface area contributed by atoms with Crippen molar-refractivity contribution in [2.24, 2.45) is 7.05 Å². The molecule has 19 heavy (non-hydrogen) atoms. The number of rotatable bonds is 4. The van der Waals surface area contributed by atoms with E-state index in [1.165, 1.54) is 7.11 Å². The largest absolute Gasteiger partial charge is 0.467 e. The predicted octanol–water partition coefficient (Wildman–Crippen LogP) is 1.50. The number of nitrogens with one attached hydrogen (secondary N) is 1. The molecule has 0 bridgehead atoms. The molecule has 7 nitrogen and oxygen atoms in total. The number of hydrogen-bond donors (Lipinski definition) is 1. The Morgan fingerprint density at radius 3 is 2.58 bits per heavy atom. The lowest BCUT2D eigenvalue weighted by Crippen LogP contribution is -2.07. The molecule has 2 heterocycles. The lowest BCUT2D eigenvalue weighted by atomic mass is 10.2. The molecule has 1 N–H and O–H groups in total. The molecule has 102 valence electrons. The Balaban J connectivity index is 2.16. The Morgan fingerprint density at radius 1 is 1.26 bits per heavy atom. The summed E-state index contributed by atoms with van der Waals surface area (Å²) in [6.07, 6.45) is 0. The van der Waals surface area contributed by atoms with Gasteiger partial charge in [0.25, 0.3) is 0 Å². The van der Waals surface area contributed by atoms with Gasteiger partial charge in [0.15, 0.2) is 0 Å². The van der Waals surface area contributed by atoms with Gasteiger partial charge in [-0.2, -0.15) is 20.1 Å². The highest BCUT2D eigenvalue weighted by atomic mass is 35.5. The Hall–Kier alpha value is -1.89. The van der Waals surface area contributed by atoms with Gasteiger partial charge in [0, 0.05) is 24.8 Å². The number of halogens is 1. The molecule has 0 unspecified atom stereocenters. The summed E-state index contributed by atoms with van der Waals surface area (Å²) in [4.78, 5) is 11.9. The van der Waals surface area contributed by atoms with E-state index in [-0.39, 0.29) is 11.3 Å². The molecule has 0 atom stereocenters. The lowest BCUT2D eigenvalue weighted by molar-refractivity contribution is 0.379. The summed E-state index contributed by atoms with van der Waals surface area (Å²) in [5, 5.41) is 7.53. The summed E-state index contributed by atoms with van der Waals surface area (Å²) in [6.45, 7) is 4.54. The van der Waals surface area contributed by atoms with Crippen molar-refractivity contribution in [3.05, 3.63) is 22.2 Å². The summed E-state index contributed by atoms with van der Waals surface area (Å²) in [5.41, 5.74) is 3.18. The van der Waals surface area contributed by atoms with Gasteiger partial charge < -0.3 is 10.1 Å². The fraction of sp³-hybridized carbons (Fsp3) is 0.455. The van der Waals surface area contributed by atoms with Gasteiger partial charge in [-0.25, -0.2) is 0 Å². The normalized spacial score (nSPS) is 10.6. The molecule has 0 aliphatic heterocycles. The minimum absolute atomic E-state index is 0.0916. The van der Waals surface area contributed by atoms with Crippen LogP contribution in [0.1, 0.15) is 17.0 Å². The lowest BCUT2D eigenvalue weighted by Gasteiger charge is -2.06. The number of aromatic nitrogens is 5. The molecule has 0 aromatic carbocycles. The smallest absolute Gasteiger partial charge is 0.322 e. The van der Waals surface area contributed by atoms with Crippen LogP contribution in [0.5, 0.6) is 6.01 Å². The first kappa shape index (κ1) is 13.5. The molecular formula is C11H15ClN6O. The van der Waals surface area contributed by atoms with Crippen LogP contribution >= 0.6 is 11.6 Å². The molecule has 0 saturated heterocycles. The quantitative estimate of drug-likeness (QED) is 0.915. The second-order valence-electron chi connectivity index (χ2n) is 4.04. The van der Waals surface area contributed by atoms with Gasteiger partial charge in [-0.05, 0) is 25.4 Å². The monoisotopic (exact) mass is 282 g/mol. The minimum atomic E-state index is 0.0916. The third-order valence-electron chi connectivity index (χ3n) is 2.85. The van der Waals surface area contributed by atoms with Gasteiger partial charge in [0.2, 0.25) is 11.2 Å². The Morgan fingerprint density at radius 2 is 2.00 bits per heavy atom. The third kappa shape index (κ3) is 2.93. The predicted molar refractivity (Wildman–Crippen MR) is 71.4 cm³/mol. The van der Waals surface area contributed by atoms with Crippen molar-refractivity contribution in [1.29, 1.82) is 0 Å². The maximum absolute atomic E-state index is 5.78. The zero-order valence-corrected chi connectivity index (χ0v) is 12.0. The molecule has 0 radical (unpaired) electrons. The van der Waals surface area contributed by atoms with E-state index in [9.17, 15) is 0 Å². The van der Waals surface area contributed by atoms with Gasteiger partial charge in [0.05, 0.1) is 12.8 Å². The highest BCUT2D eigenvalue weighted by Gasteiger charge is 2.10. The minimum Gasteiger partial charge on any atom is -0.467 e. The van der Waals surface area contributed by atoms with Crippen LogP contribution in [0.3, 0.4) is 0 Å². The molecule has 0 aliphatic carbocycles. The summed E-state index contributed by atoms with van der Waals surface area (Å²) < 4.78 is 6.78. The fourth-order valence-electron chi connectivity index (χ4n) is 1.74. The molecule has 0 fully saturated rings. The summed E-state index contributed by atoms with van der Waals surface area (Å²) in [7, 11) is 3.39. The summed E-state index contributed by atoms with van der Waals surface area (Å²) in [5.74, 6) is 0.375. The molecule has 0 amide bonds. The van der Waals surface area contributed by atoms with E-state index in [2.05, 4.69) is 25.4 Å². The first-order chi connectivity index (χ1) is 9.01. The highest BCUT2D eigenvalue weighted by molar-refractivity contribution is 6.28. The van der Waals surface area contributed by atoms with E-state index in [1.54, 1.807) is 0 Å². The zero-order chi connectivity index (χ0) is 14.0. The molecule has 0 aliphatic rings. The SMILES string of the molecule is COc1nc(Cl)nc(NCc2c(C)nn(C)c2C)n1. The average Bonchev–Trinajstić information content (AvgIpc) is 2.60. The van der Waals surface area contributed by atoms with Crippen molar-refractivity contribution < 1.29 is 4.74 Å². The van der Waals surface area contributed by atoms with Gasteiger partial charge in [-0.3, -0.25) is 4.68 Å². The fourth-order valence-corrected chi connectivity index (χ4v) is 1.90. The zero-order valence-electron chi connectivity index (χ0n) is 11.2. The van der Waals surface area contributed by atoms with Crippen LogP contribution in [-0.2, 0) is 13.6 Å². The van der Waals surface area contributed by atoms with Crippen LogP contribution in [0.2, 0.25) is 5.28 Å². The molecule has 2 aromatic rings. The first-order valence-electron chi connectivity index (χ1n) is 5.69. The third-order valence-corrected chi connectivity index (χ3v) is 3.02. The molecule has 2 aromatic heterocycles. The number of aryl methyl sites for hydroxylation is 2. The Kier molecular flexibility index (Phi) is 3.84. The van der Waals surface area contributed by atoms with Gasteiger partial charge >= 0.3 is 6.01 Å². The molecule has 0 saturated carbocycles. The summed E-state index contributed by atoms with van der Waals surface area (Å²) in [6, 6.07) is 0.183. The molecular weight excluding hydrogens is 268 g/mol. The molecule has 2 rings (SSSR count). The first-order valence-corrected chi connectivity index (χ1v) is 6.07. The number of ether oxygens (including phenoxy) is 1. The van der Waals surface area contributed by atoms with Crippen LogP contribution in [0.15, 0.2) is 0 Å². The Labute approximate surface area is 116 Å². The number of methoxy groups -OCH3 is 1. The van der Waals surface area contributed by atoms with E-state index in [0.717, 1.165) is 17.0 Å². The second kappa shape index (κ2) is 5.40. The van der Waals surface area contributed by atoms with Crippen molar-refractivity contribution >= 4 is 17.5 Å². The Bertz CT molecular complexity index is 597. The van der Waals surface area contributed by atoms with Crippen LogP contribution < -0.4 is 10.1 Å². The van der Waals surface area contributed by atoms with Crippen molar-refractivity contribution in [3.63, 3.8) is 0 Å². The second-order valence-corrected chi connectivity index (χ2v) is 4.38. The van der Waals surface area contributed by atoms with Crippen LogP contribution in [0, 0.1) is 13.8 Å². The maximum Gasteiger partial charge on any atom is 0.322 e. The van der Waals surface area contributed by atoms with Gasteiger partial charge in [-0.1, -0.05) is 0 Å². The van der Waals surface area contributed by atoms with Gasteiger partial charge in [0.1, 0.15) is 0 Å². The number of nitrogens with zero attached hydrogens (tertiary/aromatic N) is 5. The van der Waals surface area contributed by atoms with Crippen molar-refractivity contribution in [1.82, 2.24) is 24.7 Å². The number of hydrogen-bond acceptors (Lipinski definition) is 6. The van der Waals surface area contributed by atoms with E-state index in [0.29, 0.717) is 12.5 Å².